The number of nitrogens with zero attached hydrogens (tertiary/aromatic N) is 1. The van der Waals surface area contributed by atoms with Crippen LogP contribution in [0.2, 0.25) is 0 Å². The molecule has 0 radical (unpaired) electrons. The number of amides is 1. The van der Waals surface area contributed by atoms with E-state index in [-0.39, 0.29) is 5.91 Å². The van der Waals surface area contributed by atoms with Crippen LogP contribution in [-0.2, 0) is 12.8 Å². The van der Waals surface area contributed by atoms with Crippen LogP contribution in [0.3, 0.4) is 0 Å². The van der Waals surface area contributed by atoms with Crippen LogP contribution < -0.4 is 5.32 Å². The molecule has 0 bridgehead atoms. The fourth-order valence-corrected chi connectivity index (χ4v) is 3.38. The molecule has 5 nitrogen and oxygen atoms in total. The standard InChI is InChI=1S/C19H20N2O3/c1-21(2)14-4-6-18-16(10-14)15-9-13(3-5-17(15)24-18)20-19(22)12-7-8-23-11-12/h3,5,7-9,11,14H,4,6,10H2,1-2H3,(H,20,22). The zero-order valence-corrected chi connectivity index (χ0v) is 13.8. The van der Waals surface area contributed by atoms with Crippen molar-refractivity contribution >= 4 is 22.6 Å². The Hall–Kier alpha value is -2.53. The monoisotopic (exact) mass is 324 g/mol. The van der Waals surface area contributed by atoms with Gasteiger partial charge in [0.2, 0.25) is 0 Å². The van der Waals surface area contributed by atoms with Crippen LogP contribution in [0.4, 0.5) is 5.69 Å². The number of rotatable bonds is 3. The third-order valence-electron chi connectivity index (χ3n) is 4.79. The van der Waals surface area contributed by atoms with Crippen molar-refractivity contribution in [3.63, 3.8) is 0 Å². The van der Waals surface area contributed by atoms with Crippen molar-refractivity contribution < 1.29 is 13.6 Å². The fourth-order valence-electron chi connectivity index (χ4n) is 3.38. The minimum absolute atomic E-state index is 0.174. The number of nitrogens with one attached hydrogen (secondary N) is 1. The third kappa shape index (κ3) is 2.61. The van der Waals surface area contributed by atoms with Crippen molar-refractivity contribution in [2.75, 3.05) is 19.4 Å². The minimum Gasteiger partial charge on any atom is -0.472 e. The van der Waals surface area contributed by atoms with Gasteiger partial charge >= 0.3 is 0 Å². The van der Waals surface area contributed by atoms with Crippen LogP contribution >= 0.6 is 0 Å². The Bertz CT molecular complexity index is 878. The van der Waals surface area contributed by atoms with E-state index in [1.165, 1.54) is 18.1 Å². The highest BCUT2D eigenvalue weighted by molar-refractivity contribution is 6.05. The second-order valence-corrected chi connectivity index (χ2v) is 6.54. The lowest BCUT2D eigenvalue weighted by molar-refractivity contribution is 0.102. The largest absolute Gasteiger partial charge is 0.472 e. The highest BCUT2D eigenvalue weighted by atomic mass is 16.3. The molecule has 1 aliphatic rings. The van der Waals surface area contributed by atoms with Crippen molar-refractivity contribution in [2.24, 2.45) is 0 Å². The van der Waals surface area contributed by atoms with Crippen LogP contribution in [0.5, 0.6) is 0 Å². The van der Waals surface area contributed by atoms with Crippen molar-refractivity contribution in [1.29, 1.82) is 0 Å². The van der Waals surface area contributed by atoms with E-state index < -0.39 is 0 Å². The number of carbonyl (C=O) groups excluding carboxylic acids is 1. The Kier molecular flexibility index (Phi) is 3.65. The summed E-state index contributed by atoms with van der Waals surface area (Å²) in [6.07, 6.45) is 5.99. The maximum absolute atomic E-state index is 12.2. The predicted octanol–water partition coefficient (Wildman–Crippen LogP) is 3.70. The number of hydrogen-bond acceptors (Lipinski definition) is 4. The first-order valence-corrected chi connectivity index (χ1v) is 8.16. The second-order valence-electron chi connectivity index (χ2n) is 6.54. The first kappa shape index (κ1) is 15.0. The number of carbonyl (C=O) groups is 1. The number of hydrogen-bond donors (Lipinski definition) is 1. The summed E-state index contributed by atoms with van der Waals surface area (Å²) in [4.78, 5) is 14.4. The smallest absolute Gasteiger partial charge is 0.258 e. The van der Waals surface area contributed by atoms with E-state index in [4.69, 9.17) is 8.83 Å². The number of aryl methyl sites for hydroxylation is 1. The first-order valence-electron chi connectivity index (χ1n) is 8.16. The fraction of sp³-hybridized carbons (Fsp3) is 0.316. The van der Waals surface area contributed by atoms with E-state index in [0.29, 0.717) is 11.6 Å². The zero-order valence-electron chi connectivity index (χ0n) is 13.8. The summed E-state index contributed by atoms with van der Waals surface area (Å²) in [5.41, 5.74) is 3.44. The Morgan fingerprint density at radius 1 is 1.29 bits per heavy atom. The molecule has 1 N–H and O–H groups in total. The maximum atomic E-state index is 12.2. The molecular formula is C19H20N2O3. The zero-order chi connectivity index (χ0) is 16.7. The molecule has 2 aromatic heterocycles. The molecule has 0 saturated carbocycles. The van der Waals surface area contributed by atoms with Gasteiger partial charge in [0.15, 0.2) is 0 Å². The Balaban J connectivity index is 1.65. The molecule has 1 amide bonds. The van der Waals surface area contributed by atoms with E-state index in [0.717, 1.165) is 41.7 Å². The van der Waals surface area contributed by atoms with Gasteiger partial charge in [-0.15, -0.1) is 0 Å². The topological polar surface area (TPSA) is 58.6 Å². The lowest BCUT2D eigenvalue weighted by atomic mass is 9.91. The van der Waals surface area contributed by atoms with E-state index in [2.05, 4.69) is 24.3 Å². The molecule has 1 aromatic carbocycles. The Morgan fingerprint density at radius 3 is 2.92 bits per heavy atom. The van der Waals surface area contributed by atoms with E-state index in [9.17, 15) is 4.79 Å². The first-order chi connectivity index (χ1) is 11.6. The quantitative estimate of drug-likeness (QED) is 0.798. The van der Waals surface area contributed by atoms with Crippen molar-refractivity contribution in [3.8, 4) is 0 Å². The lowest BCUT2D eigenvalue weighted by Crippen LogP contribution is -2.33. The van der Waals surface area contributed by atoms with Gasteiger partial charge in [-0.3, -0.25) is 4.79 Å². The molecular weight excluding hydrogens is 304 g/mol. The van der Waals surface area contributed by atoms with Gasteiger partial charge in [-0.05, 0) is 51.2 Å². The number of fused-ring (bicyclic) bond motifs is 3. The Labute approximate surface area is 140 Å². The van der Waals surface area contributed by atoms with Crippen LogP contribution in [0, 0.1) is 0 Å². The summed E-state index contributed by atoms with van der Waals surface area (Å²) in [5, 5.41) is 4.01. The molecule has 124 valence electrons. The molecule has 0 fully saturated rings. The second kappa shape index (κ2) is 5.83. The predicted molar refractivity (Wildman–Crippen MR) is 92.4 cm³/mol. The maximum Gasteiger partial charge on any atom is 0.258 e. The van der Waals surface area contributed by atoms with E-state index in [1.54, 1.807) is 6.07 Å². The van der Waals surface area contributed by atoms with Gasteiger partial charge < -0.3 is 19.1 Å². The lowest BCUT2D eigenvalue weighted by Gasteiger charge is -2.27. The number of benzene rings is 1. The summed E-state index contributed by atoms with van der Waals surface area (Å²) in [6, 6.07) is 7.99. The third-order valence-corrected chi connectivity index (χ3v) is 4.79. The normalized spacial score (nSPS) is 17.2. The molecule has 2 heterocycles. The molecule has 24 heavy (non-hydrogen) atoms. The van der Waals surface area contributed by atoms with Gasteiger partial charge in [0.05, 0.1) is 11.8 Å². The van der Waals surface area contributed by atoms with Crippen molar-refractivity contribution in [1.82, 2.24) is 4.90 Å². The highest BCUT2D eigenvalue weighted by Gasteiger charge is 2.25. The molecule has 3 aromatic rings. The molecule has 4 rings (SSSR count). The summed E-state index contributed by atoms with van der Waals surface area (Å²) < 4.78 is 11.0. The van der Waals surface area contributed by atoms with E-state index in [1.807, 2.05) is 18.2 Å². The summed E-state index contributed by atoms with van der Waals surface area (Å²) in [6.45, 7) is 0. The number of likely N-dealkylation sites (N-methyl/N-ethyl adjacent to an activating group) is 1. The molecule has 0 spiro atoms. The average molecular weight is 324 g/mol. The summed E-state index contributed by atoms with van der Waals surface area (Å²) >= 11 is 0. The highest BCUT2D eigenvalue weighted by Crippen LogP contribution is 2.34. The molecule has 5 heteroatoms. The Morgan fingerprint density at radius 2 is 2.17 bits per heavy atom. The minimum atomic E-state index is -0.174. The van der Waals surface area contributed by atoms with Crippen LogP contribution in [0.15, 0.2) is 45.6 Å². The molecule has 1 atom stereocenters. The number of anilines is 1. The molecule has 0 aliphatic heterocycles. The van der Waals surface area contributed by atoms with Gasteiger partial charge in [-0.1, -0.05) is 0 Å². The molecule has 1 unspecified atom stereocenters. The van der Waals surface area contributed by atoms with Crippen molar-refractivity contribution in [2.45, 2.75) is 25.3 Å². The van der Waals surface area contributed by atoms with Gasteiger partial charge in [0, 0.05) is 29.1 Å². The van der Waals surface area contributed by atoms with Crippen LogP contribution in [0.1, 0.15) is 28.1 Å². The molecule has 0 saturated heterocycles. The van der Waals surface area contributed by atoms with Gasteiger partial charge in [0.25, 0.3) is 5.91 Å². The van der Waals surface area contributed by atoms with Crippen LogP contribution in [0.25, 0.3) is 11.0 Å². The number of furan rings is 2. The van der Waals surface area contributed by atoms with Gasteiger partial charge in [-0.25, -0.2) is 0 Å². The van der Waals surface area contributed by atoms with E-state index >= 15 is 0 Å². The molecule has 1 aliphatic carbocycles. The average Bonchev–Trinajstić information content (AvgIpc) is 3.21. The van der Waals surface area contributed by atoms with Crippen LogP contribution in [-0.4, -0.2) is 30.9 Å². The SMILES string of the molecule is CN(C)C1CCc2oc3ccc(NC(=O)c4ccoc4)cc3c2C1. The van der Waals surface area contributed by atoms with Gasteiger partial charge in [0.1, 0.15) is 17.6 Å². The van der Waals surface area contributed by atoms with Crippen molar-refractivity contribution in [3.05, 3.63) is 53.7 Å². The van der Waals surface area contributed by atoms with Gasteiger partial charge in [-0.2, -0.15) is 0 Å². The summed E-state index contributed by atoms with van der Waals surface area (Å²) in [7, 11) is 4.24. The summed E-state index contributed by atoms with van der Waals surface area (Å²) in [5.74, 6) is 0.910.